The maximum atomic E-state index is 12.1. The Morgan fingerprint density at radius 1 is 1.25 bits per heavy atom. The summed E-state index contributed by atoms with van der Waals surface area (Å²) >= 11 is 0. The van der Waals surface area contributed by atoms with E-state index in [1.807, 2.05) is 24.3 Å². The summed E-state index contributed by atoms with van der Waals surface area (Å²) in [6.07, 6.45) is 2.11. The minimum absolute atomic E-state index is 0.174. The number of benzene rings is 1. The molecule has 3 nitrogen and oxygen atoms in total. The van der Waals surface area contributed by atoms with Crippen LogP contribution in [0.5, 0.6) is 0 Å². The molecule has 3 heteroatoms. The van der Waals surface area contributed by atoms with Crippen LogP contribution in [0.25, 0.3) is 6.08 Å². The van der Waals surface area contributed by atoms with Crippen molar-refractivity contribution in [2.45, 2.75) is 39.7 Å². The Labute approximate surface area is 120 Å². The van der Waals surface area contributed by atoms with Gasteiger partial charge < -0.3 is 4.74 Å². The highest BCUT2D eigenvalue weighted by atomic mass is 16.6. The predicted molar refractivity (Wildman–Crippen MR) is 80.3 cm³/mol. The molecule has 0 aliphatic heterocycles. The van der Waals surface area contributed by atoms with E-state index in [0.29, 0.717) is 6.42 Å². The van der Waals surface area contributed by atoms with Crippen molar-refractivity contribution in [2.75, 3.05) is 0 Å². The van der Waals surface area contributed by atoms with Crippen molar-refractivity contribution in [1.82, 2.24) is 0 Å². The van der Waals surface area contributed by atoms with Crippen molar-refractivity contribution in [2.24, 2.45) is 5.92 Å². The molecular weight excluding hydrogens is 252 g/mol. The Bertz CT molecular complexity index is 492. The third kappa shape index (κ3) is 5.00. The minimum atomic E-state index is -0.746. The smallest absolute Gasteiger partial charge is 0.317 e. The van der Waals surface area contributed by atoms with Crippen LogP contribution in [-0.4, -0.2) is 17.4 Å². The number of esters is 1. The summed E-state index contributed by atoms with van der Waals surface area (Å²) in [6, 6.07) is 7.62. The molecule has 1 rings (SSSR count). The molecule has 0 saturated carbocycles. The van der Waals surface area contributed by atoms with E-state index < -0.39 is 17.5 Å². The highest BCUT2D eigenvalue weighted by Crippen LogP contribution is 2.17. The molecule has 0 radical (unpaired) electrons. The fraction of sp³-hybridized carbons (Fsp3) is 0.412. The molecule has 1 atom stereocenters. The van der Waals surface area contributed by atoms with Crippen LogP contribution < -0.4 is 0 Å². The number of Topliss-reactive ketones (excluding diaryl/α,β-unsaturated/α-hetero) is 1. The van der Waals surface area contributed by atoms with Gasteiger partial charge in [-0.25, -0.2) is 0 Å². The third-order valence-electron chi connectivity index (χ3n) is 2.84. The van der Waals surface area contributed by atoms with Gasteiger partial charge in [0, 0.05) is 0 Å². The second kappa shape index (κ2) is 6.51. The molecule has 0 saturated heterocycles. The van der Waals surface area contributed by atoms with Crippen LogP contribution in [0, 0.1) is 5.92 Å². The molecule has 0 heterocycles. The van der Waals surface area contributed by atoms with Crippen LogP contribution >= 0.6 is 0 Å². The van der Waals surface area contributed by atoms with Crippen LogP contribution in [0.2, 0.25) is 0 Å². The lowest BCUT2D eigenvalue weighted by Crippen LogP contribution is -2.33. The molecule has 0 aliphatic carbocycles. The lowest BCUT2D eigenvalue weighted by molar-refractivity contribution is -0.161. The molecule has 0 aliphatic rings. The predicted octanol–water partition coefficient (Wildman–Crippen LogP) is 3.42. The van der Waals surface area contributed by atoms with Gasteiger partial charge in [-0.3, -0.25) is 9.59 Å². The molecule has 0 amide bonds. The summed E-state index contributed by atoms with van der Waals surface area (Å²) in [5.74, 6) is -1.38. The lowest BCUT2D eigenvalue weighted by atomic mass is 9.95. The van der Waals surface area contributed by atoms with Gasteiger partial charge in [0.15, 0.2) is 0 Å². The van der Waals surface area contributed by atoms with Gasteiger partial charge in [0.1, 0.15) is 17.3 Å². The SMILES string of the molecule is C=Cc1ccc(CC(C(C)=O)C(=O)OC(C)(C)C)cc1. The lowest BCUT2D eigenvalue weighted by Gasteiger charge is -2.23. The summed E-state index contributed by atoms with van der Waals surface area (Å²) < 4.78 is 5.30. The van der Waals surface area contributed by atoms with Gasteiger partial charge in [-0.2, -0.15) is 0 Å². The molecule has 1 aromatic carbocycles. The number of ether oxygens (including phenoxy) is 1. The monoisotopic (exact) mass is 274 g/mol. The average molecular weight is 274 g/mol. The second-order valence-corrected chi connectivity index (χ2v) is 5.85. The van der Waals surface area contributed by atoms with E-state index in [4.69, 9.17) is 4.74 Å². The number of ketones is 1. The molecular formula is C17H22O3. The van der Waals surface area contributed by atoms with Gasteiger partial charge in [-0.15, -0.1) is 0 Å². The largest absolute Gasteiger partial charge is 0.459 e. The van der Waals surface area contributed by atoms with E-state index in [-0.39, 0.29) is 5.78 Å². The quantitative estimate of drug-likeness (QED) is 0.610. The van der Waals surface area contributed by atoms with Crippen molar-refractivity contribution in [3.63, 3.8) is 0 Å². The fourth-order valence-electron chi connectivity index (χ4n) is 1.79. The van der Waals surface area contributed by atoms with Gasteiger partial charge in [-0.05, 0) is 45.2 Å². The first kappa shape index (κ1) is 16.2. The normalized spacial score (nSPS) is 12.6. The van der Waals surface area contributed by atoms with Crippen LogP contribution in [0.15, 0.2) is 30.8 Å². The van der Waals surface area contributed by atoms with E-state index in [0.717, 1.165) is 11.1 Å². The Hall–Kier alpha value is -1.90. The van der Waals surface area contributed by atoms with Crippen molar-refractivity contribution >= 4 is 17.8 Å². The number of carbonyl (C=O) groups excluding carboxylic acids is 2. The second-order valence-electron chi connectivity index (χ2n) is 5.85. The molecule has 108 valence electrons. The zero-order valence-electron chi connectivity index (χ0n) is 12.6. The van der Waals surface area contributed by atoms with E-state index in [1.165, 1.54) is 6.92 Å². The molecule has 0 aromatic heterocycles. The van der Waals surface area contributed by atoms with Crippen LogP contribution in [-0.2, 0) is 20.7 Å². The van der Waals surface area contributed by atoms with Crippen LogP contribution in [0.1, 0.15) is 38.8 Å². The molecule has 1 aromatic rings. The van der Waals surface area contributed by atoms with E-state index >= 15 is 0 Å². The molecule has 0 spiro atoms. The zero-order valence-corrected chi connectivity index (χ0v) is 12.6. The first-order valence-corrected chi connectivity index (χ1v) is 6.67. The van der Waals surface area contributed by atoms with Crippen molar-refractivity contribution < 1.29 is 14.3 Å². The first-order valence-electron chi connectivity index (χ1n) is 6.67. The number of carbonyl (C=O) groups is 2. The maximum Gasteiger partial charge on any atom is 0.317 e. The Balaban J connectivity index is 2.83. The summed E-state index contributed by atoms with van der Waals surface area (Å²) in [5, 5.41) is 0. The Morgan fingerprint density at radius 2 is 1.80 bits per heavy atom. The third-order valence-corrected chi connectivity index (χ3v) is 2.84. The van der Waals surface area contributed by atoms with Crippen molar-refractivity contribution in [3.05, 3.63) is 42.0 Å². The van der Waals surface area contributed by atoms with Gasteiger partial charge in [0.2, 0.25) is 0 Å². The van der Waals surface area contributed by atoms with Crippen LogP contribution in [0.3, 0.4) is 0 Å². The maximum absolute atomic E-state index is 12.1. The molecule has 0 fully saturated rings. The van der Waals surface area contributed by atoms with Crippen LogP contribution in [0.4, 0.5) is 0 Å². The molecule has 1 unspecified atom stereocenters. The van der Waals surface area contributed by atoms with E-state index in [1.54, 1.807) is 26.8 Å². The zero-order chi connectivity index (χ0) is 15.3. The topological polar surface area (TPSA) is 43.4 Å². The number of hydrogen-bond acceptors (Lipinski definition) is 3. The number of hydrogen-bond donors (Lipinski definition) is 0. The van der Waals surface area contributed by atoms with E-state index in [9.17, 15) is 9.59 Å². The first-order chi connectivity index (χ1) is 9.23. The molecule has 20 heavy (non-hydrogen) atoms. The summed E-state index contributed by atoms with van der Waals surface area (Å²) in [5.41, 5.74) is 1.35. The van der Waals surface area contributed by atoms with Gasteiger partial charge in [0.25, 0.3) is 0 Å². The average Bonchev–Trinajstić information content (AvgIpc) is 2.34. The fourth-order valence-corrected chi connectivity index (χ4v) is 1.79. The Morgan fingerprint density at radius 3 is 2.20 bits per heavy atom. The highest BCUT2D eigenvalue weighted by Gasteiger charge is 2.28. The molecule has 0 N–H and O–H groups in total. The Kier molecular flexibility index (Phi) is 5.26. The molecule has 0 bridgehead atoms. The van der Waals surface area contributed by atoms with Gasteiger partial charge >= 0.3 is 5.97 Å². The summed E-state index contributed by atoms with van der Waals surface area (Å²) in [4.78, 5) is 23.8. The minimum Gasteiger partial charge on any atom is -0.459 e. The summed E-state index contributed by atoms with van der Waals surface area (Å²) in [7, 11) is 0. The van der Waals surface area contributed by atoms with E-state index in [2.05, 4.69) is 6.58 Å². The highest BCUT2D eigenvalue weighted by molar-refractivity contribution is 5.98. The summed E-state index contributed by atoms with van der Waals surface area (Å²) in [6.45, 7) is 10.5. The van der Waals surface area contributed by atoms with Crippen molar-refractivity contribution in [1.29, 1.82) is 0 Å². The van der Waals surface area contributed by atoms with Gasteiger partial charge in [0.05, 0.1) is 0 Å². The van der Waals surface area contributed by atoms with Gasteiger partial charge in [-0.1, -0.05) is 36.9 Å². The van der Waals surface area contributed by atoms with Crippen molar-refractivity contribution in [3.8, 4) is 0 Å². The standard InChI is InChI=1S/C17H22O3/c1-6-13-7-9-14(10-8-13)11-15(12(2)18)16(19)20-17(3,4)5/h6-10,15H,1,11H2,2-5H3. The number of rotatable bonds is 5.